The zero-order valence-corrected chi connectivity index (χ0v) is 7.90. The average molecular weight is 155 g/mol. The maximum Gasteiger partial charge on any atom is 0.0154 e. The van der Waals surface area contributed by atoms with Crippen LogP contribution in [0.3, 0.4) is 0 Å². The Kier molecular flexibility index (Phi) is 2.94. The fourth-order valence-electron chi connectivity index (χ4n) is 1.70. The van der Waals surface area contributed by atoms with Gasteiger partial charge >= 0.3 is 0 Å². The molecule has 1 nitrogen and oxygen atoms in total. The molecule has 0 aromatic carbocycles. The predicted octanol–water partition coefficient (Wildman–Crippen LogP) is 2.69. The van der Waals surface area contributed by atoms with Crippen LogP contribution in [0.15, 0.2) is 0 Å². The van der Waals surface area contributed by atoms with Crippen molar-refractivity contribution < 1.29 is 0 Å². The highest BCUT2D eigenvalue weighted by atomic mass is 14.8. The van der Waals surface area contributed by atoms with Crippen molar-refractivity contribution in [2.45, 2.75) is 57.9 Å². The quantitative estimate of drug-likeness (QED) is 0.607. The molecule has 1 saturated carbocycles. The van der Waals surface area contributed by atoms with Gasteiger partial charge in [-0.2, -0.15) is 0 Å². The van der Waals surface area contributed by atoms with E-state index in [9.17, 15) is 0 Å². The van der Waals surface area contributed by atoms with Crippen molar-refractivity contribution in [2.75, 3.05) is 0 Å². The van der Waals surface area contributed by atoms with Crippen LogP contribution >= 0.6 is 0 Å². The van der Waals surface area contributed by atoms with Crippen LogP contribution in [0.4, 0.5) is 0 Å². The van der Waals surface area contributed by atoms with E-state index >= 15 is 0 Å². The first-order chi connectivity index (χ1) is 5.17. The van der Waals surface area contributed by atoms with Gasteiger partial charge in [0, 0.05) is 5.54 Å². The van der Waals surface area contributed by atoms with Crippen LogP contribution < -0.4 is 5.73 Å². The summed E-state index contributed by atoms with van der Waals surface area (Å²) >= 11 is 0. The van der Waals surface area contributed by atoms with Crippen LogP contribution in [0.1, 0.15) is 52.4 Å². The fraction of sp³-hybridized carbons (Fsp3) is 1.00. The molecule has 1 heteroatoms. The van der Waals surface area contributed by atoms with E-state index in [-0.39, 0.29) is 5.54 Å². The Morgan fingerprint density at radius 2 is 2.00 bits per heavy atom. The van der Waals surface area contributed by atoms with Crippen molar-refractivity contribution >= 4 is 0 Å². The molecule has 1 aliphatic rings. The lowest BCUT2D eigenvalue weighted by Gasteiger charge is -2.23. The zero-order chi connectivity index (χ0) is 8.32. The Hall–Kier alpha value is -0.0400. The maximum absolute atomic E-state index is 6.16. The summed E-state index contributed by atoms with van der Waals surface area (Å²) in [6.07, 6.45) is 7.95. The normalized spacial score (nSPS) is 23.2. The molecular formula is C10H21N. The largest absolute Gasteiger partial charge is 0.325 e. The number of nitrogens with two attached hydrogens (primary N) is 1. The van der Waals surface area contributed by atoms with Crippen LogP contribution in [0, 0.1) is 5.92 Å². The van der Waals surface area contributed by atoms with Gasteiger partial charge in [-0.3, -0.25) is 0 Å². The number of hydrogen-bond donors (Lipinski definition) is 1. The third-order valence-electron chi connectivity index (χ3n) is 2.83. The monoisotopic (exact) mass is 155 g/mol. The summed E-state index contributed by atoms with van der Waals surface area (Å²) in [4.78, 5) is 0. The summed E-state index contributed by atoms with van der Waals surface area (Å²) in [7, 11) is 0. The van der Waals surface area contributed by atoms with E-state index in [1.807, 2.05) is 0 Å². The van der Waals surface area contributed by atoms with E-state index in [1.54, 1.807) is 0 Å². The molecule has 2 N–H and O–H groups in total. The first kappa shape index (κ1) is 9.05. The number of hydrogen-bond acceptors (Lipinski definition) is 1. The summed E-state index contributed by atoms with van der Waals surface area (Å²) in [5.74, 6) is 0.847. The lowest BCUT2D eigenvalue weighted by atomic mass is 9.90. The smallest absolute Gasteiger partial charge is 0.0154 e. The van der Waals surface area contributed by atoms with Crippen LogP contribution in [0.2, 0.25) is 0 Å². The Bertz CT molecular complexity index is 114. The number of rotatable bonds is 5. The van der Waals surface area contributed by atoms with Gasteiger partial charge in [0.2, 0.25) is 0 Å². The first-order valence-electron chi connectivity index (χ1n) is 4.95. The lowest BCUT2D eigenvalue weighted by Crippen LogP contribution is -2.38. The summed E-state index contributed by atoms with van der Waals surface area (Å²) in [5.41, 5.74) is 6.32. The molecule has 66 valence electrons. The molecule has 0 aromatic heterocycles. The summed E-state index contributed by atoms with van der Waals surface area (Å²) < 4.78 is 0. The molecule has 0 aromatic rings. The average Bonchev–Trinajstić information content (AvgIpc) is 2.68. The molecule has 0 saturated heterocycles. The van der Waals surface area contributed by atoms with Gasteiger partial charge in [0.05, 0.1) is 0 Å². The van der Waals surface area contributed by atoms with E-state index in [1.165, 1.54) is 38.5 Å². The van der Waals surface area contributed by atoms with E-state index < -0.39 is 0 Å². The van der Waals surface area contributed by atoms with E-state index in [0.717, 1.165) is 5.92 Å². The van der Waals surface area contributed by atoms with E-state index in [2.05, 4.69) is 13.8 Å². The predicted molar refractivity (Wildman–Crippen MR) is 49.5 cm³/mol. The first-order valence-corrected chi connectivity index (χ1v) is 4.95. The zero-order valence-electron chi connectivity index (χ0n) is 7.90. The fourth-order valence-corrected chi connectivity index (χ4v) is 1.70. The summed E-state index contributed by atoms with van der Waals surface area (Å²) in [6.45, 7) is 4.46. The van der Waals surface area contributed by atoms with Gasteiger partial charge in [0.25, 0.3) is 0 Å². The summed E-state index contributed by atoms with van der Waals surface area (Å²) in [6, 6.07) is 0. The lowest BCUT2D eigenvalue weighted by molar-refractivity contribution is 0.363. The minimum Gasteiger partial charge on any atom is -0.325 e. The highest BCUT2D eigenvalue weighted by Crippen LogP contribution is 2.40. The third kappa shape index (κ3) is 2.82. The van der Waals surface area contributed by atoms with Crippen LogP contribution in [0.25, 0.3) is 0 Å². The molecule has 0 amide bonds. The maximum atomic E-state index is 6.16. The Labute approximate surface area is 70.4 Å². The van der Waals surface area contributed by atoms with Gasteiger partial charge in [-0.05, 0) is 32.1 Å². The molecule has 0 bridgehead atoms. The molecule has 1 aliphatic carbocycles. The molecule has 0 heterocycles. The molecular weight excluding hydrogens is 134 g/mol. The van der Waals surface area contributed by atoms with Crippen molar-refractivity contribution in [3.63, 3.8) is 0 Å². The molecule has 0 radical (unpaired) electrons. The third-order valence-corrected chi connectivity index (χ3v) is 2.83. The topological polar surface area (TPSA) is 26.0 Å². The Balaban J connectivity index is 2.12. The van der Waals surface area contributed by atoms with Gasteiger partial charge in [-0.25, -0.2) is 0 Å². The minimum atomic E-state index is 0.162. The molecule has 1 rings (SSSR count). The number of unbranched alkanes of at least 4 members (excludes halogenated alkanes) is 2. The van der Waals surface area contributed by atoms with Gasteiger partial charge in [-0.15, -0.1) is 0 Å². The second-order valence-electron chi connectivity index (χ2n) is 4.24. The Morgan fingerprint density at radius 3 is 2.45 bits per heavy atom. The minimum absolute atomic E-state index is 0.162. The van der Waals surface area contributed by atoms with Gasteiger partial charge in [-0.1, -0.05) is 26.2 Å². The van der Waals surface area contributed by atoms with Crippen molar-refractivity contribution in [1.82, 2.24) is 0 Å². The van der Waals surface area contributed by atoms with Crippen LogP contribution in [-0.4, -0.2) is 5.54 Å². The molecule has 0 aliphatic heterocycles. The van der Waals surface area contributed by atoms with Crippen LogP contribution in [0.5, 0.6) is 0 Å². The van der Waals surface area contributed by atoms with Gasteiger partial charge in [0.1, 0.15) is 0 Å². The second kappa shape index (κ2) is 3.57. The van der Waals surface area contributed by atoms with Crippen LogP contribution in [-0.2, 0) is 0 Å². The van der Waals surface area contributed by atoms with Crippen molar-refractivity contribution in [2.24, 2.45) is 11.7 Å². The van der Waals surface area contributed by atoms with Crippen molar-refractivity contribution in [3.05, 3.63) is 0 Å². The Morgan fingerprint density at radius 1 is 1.36 bits per heavy atom. The standard InChI is InChI=1S/C10H21N/c1-3-4-5-8-10(2,11)9-6-7-9/h9H,3-8,11H2,1-2H3. The van der Waals surface area contributed by atoms with Crippen molar-refractivity contribution in [1.29, 1.82) is 0 Å². The molecule has 1 fully saturated rings. The molecule has 1 unspecified atom stereocenters. The molecule has 1 atom stereocenters. The van der Waals surface area contributed by atoms with E-state index in [0.29, 0.717) is 0 Å². The highest BCUT2D eigenvalue weighted by Gasteiger charge is 2.37. The van der Waals surface area contributed by atoms with Gasteiger partial charge in [0.15, 0.2) is 0 Å². The van der Waals surface area contributed by atoms with E-state index in [4.69, 9.17) is 5.73 Å². The molecule has 0 spiro atoms. The molecule has 11 heavy (non-hydrogen) atoms. The SMILES string of the molecule is CCCCCC(C)(N)C1CC1. The second-order valence-corrected chi connectivity index (χ2v) is 4.24. The van der Waals surface area contributed by atoms with Gasteiger partial charge < -0.3 is 5.73 Å². The summed E-state index contributed by atoms with van der Waals surface area (Å²) in [5, 5.41) is 0. The van der Waals surface area contributed by atoms with Crippen molar-refractivity contribution in [3.8, 4) is 0 Å². The highest BCUT2D eigenvalue weighted by molar-refractivity contribution is 4.94.